The van der Waals surface area contributed by atoms with E-state index in [1.165, 1.54) is 37.7 Å². The molecule has 0 aliphatic heterocycles. The molecule has 218 valence electrons. The van der Waals surface area contributed by atoms with E-state index in [9.17, 15) is 5.11 Å². The number of hydrogen-bond donors (Lipinski definition) is 1. The van der Waals surface area contributed by atoms with Crippen LogP contribution < -0.4 is 0 Å². The predicted molar refractivity (Wildman–Crippen MR) is 160 cm³/mol. The van der Waals surface area contributed by atoms with Crippen LogP contribution in [-0.2, 0) is 27.4 Å². The molecule has 0 spiro atoms. The average molecular weight is 540 g/mol. The number of hydrogen-bond acceptors (Lipinski definition) is 5. The van der Waals surface area contributed by atoms with Crippen molar-refractivity contribution in [2.75, 3.05) is 20.2 Å². The number of aliphatic hydroxyl groups excluding tert-OH is 1. The normalized spacial score (nSPS) is 22.0. The maximum absolute atomic E-state index is 10.7. The Bertz CT molecular complexity index is 864. The second kappa shape index (κ2) is 18.6. The largest absolute Gasteiger partial charge is 0.391 e. The fraction of sp³-hybridized carbons (Fsp3) is 0.647. The Hall–Kier alpha value is -1.76. The van der Waals surface area contributed by atoms with Crippen molar-refractivity contribution in [2.24, 2.45) is 0 Å². The Morgan fingerprint density at radius 2 is 1.31 bits per heavy atom. The second-order valence-electron chi connectivity index (χ2n) is 11.2. The molecule has 1 aliphatic rings. The van der Waals surface area contributed by atoms with Gasteiger partial charge in [-0.1, -0.05) is 119 Å². The van der Waals surface area contributed by atoms with Crippen molar-refractivity contribution in [3.05, 3.63) is 71.8 Å². The number of aliphatic hydroxyl groups is 1. The number of ether oxygens (including phenoxy) is 3. The maximum atomic E-state index is 10.7. The van der Waals surface area contributed by atoms with Crippen molar-refractivity contribution < 1.29 is 19.3 Å². The van der Waals surface area contributed by atoms with E-state index in [4.69, 9.17) is 14.2 Å². The topological polar surface area (TPSA) is 51.2 Å². The molecular weight excluding hydrogens is 486 g/mol. The third kappa shape index (κ3) is 11.3. The van der Waals surface area contributed by atoms with Crippen LogP contribution in [0.4, 0.5) is 0 Å². The Morgan fingerprint density at radius 1 is 0.744 bits per heavy atom. The van der Waals surface area contributed by atoms with Crippen LogP contribution in [0.3, 0.4) is 0 Å². The number of benzene rings is 2. The summed E-state index contributed by atoms with van der Waals surface area (Å²) in [6.45, 7) is 6.91. The molecule has 1 aliphatic carbocycles. The van der Waals surface area contributed by atoms with Crippen molar-refractivity contribution in [3.63, 3.8) is 0 Å². The fourth-order valence-corrected chi connectivity index (χ4v) is 5.61. The van der Waals surface area contributed by atoms with E-state index in [2.05, 4.69) is 74.3 Å². The van der Waals surface area contributed by atoms with E-state index in [0.29, 0.717) is 19.8 Å². The van der Waals surface area contributed by atoms with Gasteiger partial charge in [0, 0.05) is 6.42 Å². The molecule has 0 saturated heterocycles. The molecule has 39 heavy (non-hydrogen) atoms. The van der Waals surface area contributed by atoms with Gasteiger partial charge in [-0.25, -0.2) is 0 Å². The zero-order valence-corrected chi connectivity index (χ0v) is 24.7. The minimum atomic E-state index is -0.449. The van der Waals surface area contributed by atoms with Gasteiger partial charge in [0.05, 0.1) is 44.2 Å². The van der Waals surface area contributed by atoms with Crippen LogP contribution >= 0.6 is 0 Å². The molecule has 5 unspecified atom stereocenters. The third-order valence-electron chi connectivity index (χ3n) is 7.91. The predicted octanol–water partition coefficient (Wildman–Crippen LogP) is 7.16. The van der Waals surface area contributed by atoms with E-state index >= 15 is 0 Å². The first-order chi connectivity index (χ1) is 19.1. The molecule has 1 fully saturated rings. The molecule has 0 heterocycles. The highest BCUT2D eigenvalue weighted by atomic mass is 16.6. The number of unbranched alkanes of at least 4 members (excludes halogenated alkanes) is 6. The average Bonchev–Trinajstić information content (AvgIpc) is 3.32. The monoisotopic (exact) mass is 539 g/mol. The van der Waals surface area contributed by atoms with Crippen LogP contribution in [0.25, 0.3) is 0 Å². The molecule has 0 amide bonds. The number of likely N-dealkylation sites (N-methyl/N-ethyl adjacent to an activating group) is 1. The summed E-state index contributed by atoms with van der Waals surface area (Å²) in [5.74, 6) is 0. The minimum absolute atomic E-state index is 0.00569. The zero-order chi connectivity index (χ0) is 27.7. The first-order valence-corrected chi connectivity index (χ1v) is 15.4. The molecule has 2 aromatic carbocycles. The quantitative estimate of drug-likeness (QED) is 0.181. The smallest absolute Gasteiger partial charge is 0.102 e. The molecule has 1 N–H and O–H groups in total. The van der Waals surface area contributed by atoms with Gasteiger partial charge in [0.15, 0.2) is 0 Å². The van der Waals surface area contributed by atoms with E-state index in [1.54, 1.807) is 0 Å². The summed E-state index contributed by atoms with van der Waals surface area (Å²) in [6.07, 6.45) is 10.4. The van der Waals surface area contributed by atoms with Crippen molar-refractivity contribution in [1.29, 1.82) is 0 Å². The minimum Gasteiger partial charge on any atom is -0.391 e. The summed E-state index contributed by atoms with van der Waals surface area (Å²) in [4.78, 5) is 2.43. The molecule has 2 aromatic rings. The molecule has 5 atom stereocenters. The van der Waals surface area contributed by atoms with Gasteiger partial charge in [0.1, 0.15) is 6.10 Å². The number of rotatable bonds is 20. The molecule has 1 saturated carbocycles. The number of nitrogens with zero attached hydrogens (tertiary/aromatic N) is 1. The molecular formula is C34H53NO4. The summed E-state index contributed by atoms with van der Waals surface area (Å²) >= 11 is 0. The van der Waals surface area contributed by atoms with E-state index < -0.39 is 6.10 Å². The van der Waals surface area contributed by atoms with Gasteiger partial charge in [-0.3, -0.25) is 4.90 Å². The van der Waals surface area contributed by atoms with Gasteiger partial charge in [-0.15, -0.1) is 0 Å². The van der Waals surface area contributed by atoms with Gasteiger partial charge in [-0.2, -0.15) is 0 Å². The first-order valence-electron chi connectivity index (χ1n) is 15.4. The standard InChI is InChI=1S/C34H53NO4/c1-4-6-8-9-17-23-35(3)33-31(37-25-28-18-13-10-14-19-28)24-32(38-26-29-20-15-11-16-21-29)34(33)39-27-30(36)22-12-7-5-2/h10-11,13-16,18-21,30-34,36H,4-9,12,17,22-27H2,1-3H3. The highest BCUT2D eigenvalue weighted by Crippen LogP contribution is 2.33. The van der Waals surface area contributed by atoms with Crippen LogP contribution in [0, 0.1) is 0 Å². The lowest BCUT2D eigenvalue weighted by atomic mass is 10.1. The molecule has 0 bridgehead atoms. The SMILES string of the molecule is CCCCCCCN(C)C1C(OCc2ccccc2)CC(OCc2ccccc2)C1OCC(O)CCCCC. The highest BCUT2D eigenvalue weighted by molar-refractivity contribution is 5.15. The third-order valence-corrected chi connectivity index (χ3v) is 7.91. The van der Waals surface area contributed by atoms with Crippen molar-refractivity contribution >= 4 is 0 Å². The van der Waals surface area contributed by atoms with E-state index in [-0.39, 0.29) is 24.4 Å². The van der Waals surface area contributed by atoms with Crippen LogP contribution in [0.5, 0.6) is 0 Å². The highest BCUT2D eigenvalue weighted by Gasteiger charge is 2.47. The Balaban J connectivity index is 1.72. The molecule has 5 nitrogen and oxygen atoms in total. The lowest BCUT2D eigenvalue weighted by Crippen LogP contribution is -2.49. The molecule has 5 heteroatoms. The van der Waals surface area contributed by atoms with Crippen LogP contribution in [0.2, 0.25) is 0 Å². The van der Waals surface area contributed by atoms with Crippen LogP contribution in [0.1, 0.15) is 89.2 Å². The summed E-state index contributed by atoms with van der Waals surface area (Å²) in [6, 6.07) is 20.8. The van der Waals surface area contributed by atoms with E-state index in [0.717, 1.165) is 44.2 Å². The lowest BCUT2D eigenvalue weighted by molar-refractivity contribution is -0.107. The van der Waals surface area contributed by atoms with Gasteiger partial charge < -0.3 is 19.3 Å². The van der Waals surface area contributed by atoms with Gasteiger partial charge >= 0.3 is 0 Å². The Kier molecular flexibility index (Phi) is 15.1. The summed E-state index contributed by atoms with van der Waals surface area (Å²) < 4.78 is 19.7. The first kappa shape index (κ1) is 31.8. The zero-order valence-electron chi connectivity index (χ0n) is 24.7. The summed E-state index contributed by atoms with van der Waals surface area (Å²) in [5, 5.41) is 10.7. The van der Waals surface area contributed by atoms with Gasteiger partial charge in [0.2, 0.25) is 0 Å². The molecule has 0 radical (unpaired) electrons. The summed E-state index contributed by atoms with van der Waals surface area (Å²) in [5.41, 5.74) is 2.33. The van der Waals surface area contributed by atoms with Gasteiger partial charge in [0.25, 0.3) is 0 Å². The maximum Gasteiger partial charge on any atom is 0.102 e. The van der Waals surface area contributed by atoms with Crippen molar-refractivity contribution in [3.8, 4) is 0 Å². The van der Waals surface area contributed by atoms with Crippen molar-refractivity contribution in [2.45, 2.75) is 122 Å². The van der Waals surface area contributed by atoms with Crippen LogP contribution in [0.15, 0.2) is 60.7 Å². The second-order valence-corrected chi connectivity index (χ2v) is 11.2. The molecule has 3 rings (SSSR count). The van der Waals surface area contributed by atoms with Crippen molar-refractivity contribution in [1.82, 2.24) is 4.90 Å². The fourth-order valence-electron chi connectivity index (χ4n) is 5.61. The van der Waals surface area contributed by atoms with E-state index in [1.807, 2.05) is 12.1 Å². The Morgan fingerprint density at radius 3 is 1.92 bits per heavy atom. The van der Waals surface area contributed by atoms with Gasteiger partial charge in [-0.05, 0) is 37.6 Å². The summed E-state index contributed by atoms with van der Waals surface area (Å²) in [7, 11) is 2.21. The Labute approximate surface area is 237 Å². The van der Waals surface area contributed by atoms with Crippen LogP contribution in [-0.4, -0.2) is 60.7 Å². The lowest BCUT2D eigenvalue weighted by Gasteiger charge is -2.35. The molecule has 0 aromatic heterocycles.